The molecule has 90 heavy (non-hydrogen) atoms. The largest absolute Gasteiger partial charge is 0.444 e. The number of rotatable bonds is 1. The molecule has 1 N–H and O–H groups in total. The number of piperidine rings is 4. The summed E-state index contributed by atoms with van der Waals surface area (Å²) in [6.45, 7) is 24.3. The third-order valence-corrected chi connectivity index (χ3v) is 16.4. The quantitative estimate of drug-likeness (QED) is 0.0923. The first-order valence-electron chi connectivity index (χ1n) is 29.2. The number of nitriles is 1. The molecule has 4 aliphatic carbocycles. The van der Waals surface area contributed by atoms with Gasteiger partial charge in [0.15, 0.2) is 10.4 Å². The van der Waals surface area contributed by atoms with Gasteiger partial charge in [0.05, 0.1) is 34.4 Å². The Labute approximate surface area is 531 Å². The number of halogens is 4. The second-order valence-corrected chi connectivity index (χ2v) is 25.8. The van der Waals surface area contributed by atoms with Gasteiger partial charge in [0.25, 0.3) is 0 Å². The van der Waals surface area contributed by atoms with Crippen LogP contribution in [-0.4, -0.2) is 125 Å². The van der Waals surface area contributed by atoms with Crippen molar-refractivity contribution in [1.82, 2.24) is 55.0 Å². The van der Waals surface area contributed by atoms with Gasteiger partial charge in [-0.25, -0.2) is 67.5 Å². The Morgan fingerprint density at radius 3 is 1.44 bits per heavy atom. The summed E-state index contributed by atoms with van der Waals surface area (Å²) < 4.78 is 49.4. The van der Waals surface area contributed by atoms with E-state index in [1.54, 1.807) is 89.7 Å². The first-order valence-corrected chi connectivity index (χ1v) is 30.0. The number of likely N-dealkylation sites (tertiary alicyclic amines) is 2. The molecule has 0 spiro atoms. The van der Waals surface area contributed by atoms with Crippen LogP contribution in [0.25, 0.3) is 4.85 Å². The number of ether oxygens (including phenoxy) is 2. The first kappa shape index (κ1) is 65.0. The molecule has 8 heterocycles. The zero-order valence-corrected chi connectivity index (χ0v) is 52.3. The maximum Gasteiger partial charge on any atom is 0.410 e. The first-order chi connectivity index (χ1) is 42.9. The van der Waals surface area contributed by atoms with Gasteiger partial charge in [0, 0.05) is 113 Å². The van der Waals surface area contributed by atoms with E-state index in [0.717, 1.165) is 88.3 Å². The Hall–Kier alpha value is -9.45. The summed E-state index contributed by atoms with van der Waals surface area (Å²) in [6.07, 6.45) is 23.0. The number of carbonyl (C=O) groups is 2. The Morgan fingerprint density at radius 2 is 1.03 bits per heavy atom. The second kappa shape index (κ2) is 27.5. The molecule has 0 radical (unpaired) electrons. The van der Waals surface area contributed by atoms with E-state index in [0.29, 0.717) is 58.6 Å². The number of aromatic nitrogens is 8. The molecule has 2 amide bonds. The molecule has 4 saturated carbocycles. The van der Waals surface area contributed by atoms with E-state index < -0.39 is 22.8 Å². The highest BCUT2D eigenvalue weighted by Crippen LogP contribution is 2.59. The van der Waals surface area contributed by atoms with Crippen LogP contribution in [0.1, 0.15) is 90.3 Å². The Morgan fingerprint density at radius 1 is 0.611 bits per heavy atom. The van der Waals surface area contributed by atoms with Crippen molar-refractivity contribution in [3.63, 3.8) is 0 Å². The molecule has 4 aliphatic heterocycles. The third-order valence-electron chi connectivity index (χ3n) is 15.9. The molecular formula is C68H66BrF3N14O4. The van der Waals surface area contributed by atoms with Crippen LogP contribution in [0.2, 0.25) is 0 Å². The summed E-state index contributed by atoms with van der Waals surface area (Å²) >= 11 is 3.09. The van der Waals surface area contributed by atoms with Gasteiger partial charge in [-0.15, -0.1) is 6.42 Å². The predicted octanol–water partition coefficient (Wildman–Crippen LogP) is 10.5. The van der Waals surface area contributed by atoms with Crippen LogP contribution in [0.5, 0.6) is 0 Å². The third kappa shape index (κ3) is 17.7. The fraction of sp³-hybridized carbons (Fsp3) is 0.412. The molecule has 460 valence electrons. The van der Waals surface area contributed by atoms with Gasteiger partial charge in [-0.1, -0.05) is 23.7 Å². The molecule has 18 nitrogen and oxygen atoms in total. The van der Waals surface area contributed by atoms with E-state index in [9.17, 15) is 22.8 Å². The highest BCUT2D eigenvalue weighted by molar-refractivity contribution is 9.10. The summed E-state index contributed by atoms with van der Waals surface area (Å²) in [6, 6.07) is 16.3. The van der Waals surface area contributed by atoms with E-state index in [4.69, 9.17) is 27.7 Å². The minimum absolute atomic E-state index is 0.0162. The highest BCUT2D eigenvalue weighted by Gasteiger charge is 2.62. The molecule has 14 rings (SSSR count). The normalized spacial score (nSPS) is 24.8. The van der Waals surface area contributed by atoms with Crippen LogP contribution in [0.15, 0.2) is 115 Å². The Bertz CT molecular complexity index is 3880. The number of carbonyl (C=O) groups excluding carboxylic acids is 2. The van der Waals surface area contributed by atoms with Gasteiger partial charge >= 0.3 is 12.2 Å². The van der Waals surface area contributed by atoms with Gasteiger partial charge in [-0.2, -0.15) is 5.26 Å². The van der Waals surface area contributed by atoms with Crippen LogP contribution in [0.3, 0.4) is 0 Å². The zero-order chi connectivity index (χ0) is 64.3. The molecule has 4 saturated heterocycles. The van der Waals surface area contributed by atoms with Crippen molar-refractivity contribution >= 4 is 39.5 Å². The Kier molecular flexibility index (Phi) is 19.9. The number of hydrogen-bond acceptors (Lipinski definition) is 15. The molecule has 0 bridgehead atoms. The smallest absolute Gasteiger partial charge is 0.410 e. The Balaban J connectivity index is 0.000000133. The molecule has 4 aromatic heterocycles. The van der Waals surface area contributed by atoms with E-state index in [-0.39, 0.29) is 45.4 Å². The van der Waals surface area contributed by atoms with Crippen molar-refractivity contribution in [2.75, 3.05) is 57.3 Å². The molecule has 8 unspecified atom stereocenters. The zero-order valence-electron chi connectivity index (χ0n) is 50.7. The van der Waals surface area contributed by atoms with E-state index >= 15 is 0 Å². The lowest BCUT2D eigenvalue weighted by atomic mass is 10.1. The van der Waals surface area contributed by atoms with Crippen molar-refractivity contribution in [3.8, 4) is 53.9 Å². The van der Waals surface area contributed by atoms with E-state index in [2.05, 4.69) is 112 Å². The summed E-state index contributed by atoms with van der Waals surface area (Å²) in [5.41, 5.74) is 0.333. The lowest BCUT2D eigenvalue weighted by molar-refractivity contribution is 0.0258. The molecule has 6 aromatic rings. The van der Waals surface area contributed by atoms with Crippen LogP contribution < -0.4 is 10.2 Å². The minimum atomic E-state index is -0.717. The van der Waals surface area contributed by atoms with E-state index in [1.807, 2.05) is 47.6 Å². The predicted molar refractivity (Wildman–Crippen MR) is 332 cm³/mol. The minimum Gasteiger partial charge on any atom is -0.444 e. The molecule has 2 aromatic carbocycles. The van der Waals surface area contributed by atoms with Crippen molar-refractivity contribution in [1.29, 1.82) is 5.26 Å². The standard InChI is InChI=1S/C18H13FN4.C16H19N3O2.C12H17NO2.C11H11N3.C7H3F2N.C4H3BrN2/c19-15-6-13(10-20)7-16(8-15)23-11-14-9-18(14,12-23)3-2-17-21-4-1-5-22-17;1-15(2,3)21-14(20)19-10-12-9-16(12,11-19)6-5-13-17-7-4-8-18-13;1-5-12-6-9(12)7-13(8-12)10(14)15-11(2,3)4;1-4-13-10(14-5-1)2-3-11-6-9(11)7-12-8-11;1-10-7-3-5(8)2-6(9)4-7;5-4-6-2-1-3-7-4/h1,4-8,14H,9,11-12H2;4,7-8,12H,9-11H2,1-3H3;1,9H,6-8H2,2-4H3;1,4-5,9,12H,6-8H2;2-4H;1-3H. The maximum atomic E-state index is 13.6. The van der Waals surface area contributed by atoms with Crippen LogP contribution >= 0.6 is 15.9 Å². The molecule has 22 heteroatoms. The van der Waals surface area contributed by atoms with Gasteiger partial charge < -0.3 is 29.5 Å². The summed E-state index contributed by atoms with van der Waals surface area (Å²) in [5.74, 6) is 24.0. The lowest BCUT2D eigenvalue weighted by Gasteiger charge is -2.25. The number of nitrogens with zero attached hydrogens (tertiary/aromatic N) is 13. The molecular weight excluding hydrogens is 1210 g/mol. The number of hydrogen-bond donors (Lipinski definition) is 1. The molecule has 8 aliphatic rings. The lowest BCUT2D eigenvalue weighted by Crippen LogP contribution is -2.37. The molecule has 8 atom stereocenters. The monoisotopic (exact) mass is 1280 g/mol. The summed E-state index contributed by atoms with van der Waals surface area (Å²) in [7, 11) is 0. The van der Waals surface area contributed by atoms with Crippen molar-refractivity contribution in [3.05, 3.63) is 167 Å². The number of amides is 2. The van der Waals surface area contributed by atoms with Gasteiger partial charge in [-0.3, -0.25) is 0 Å². The SMILES string of the molecule is Brc1ncccn1.C#CC12CC1CN(C(=O)OC(C)(C)C)C2.C(#CC12CNCC1C2)c1ncccn1.CC(C)(C)OC(=O)N1CC2CC2(C#Cc2ncccn2)C1.N#Cc1cc(F)cc(N2CC3CC3(C#Cc3ncccn3)C2)c1.[C-]#[N+]c1cc(F)cc(F)c1. The van der Waals surface area contributed by atoms with Crippen LogP contribution in [-0.2, 0) is 9.47 Å². The van der Waals surface area contributed by atoms with Crippen LogP contribution in [0.4, 0.5) is 34.1 Å². The number of fused-ring (bicyclic) bond motifs is 4. The van der Waals surface area contributed by atoms with Gasteiger partial charge in [-0.05, 0) is 186 Å². The number of nitrogens with one attached hydrogen (secondary N) is 1. The second-order valence-electron chi connectivity index (χ2n) is 25.1. The fourth-order valence-electron chi connectivity index (χ4n) is 11.1. The molecule has 8 fully saturated rings. The average Bonchev–Trinajstić information content (AvgIpc) is 1.60. The summed E-state index contributed by atoms with van der Waals surface area (Å²) in [5, 5.41) is 12.3. The van der Waals surface area contributed by atoms with Crippen LogP contribution in [0, 0.1) is 129 Å². The maximum absolute atomic E-state index is 13.6. The van der Waals surface area contributed by atoms with Crippen molar-refractivity contribution < 1.29 is 32.2 Å². The van der Waals surface area contributed by atoms with Gasteiger partial charge in [0.2, 0.25) is 17.5 Å². The topological polar surface area (TPSA) is 206 Å². The average molecular weight is 1280 g/mol. The summed E-state index contributed by atoms with van der Waals surface area (Å²) in [4.78, 5) is 64.4. The fourth-order valence-corrected chi connectivity index (χ4v) is 11.3. The van der Waals surface area contributed by atoms with Crippen molar-refractivity contribution in [2.24, 2.45) is 45.3 Å². The number of terminal acetylenes is 1. The number of benzene rings is 2. The van der Waals surface area contributed by atoms with Gasteiger partial charge in [0.1, 0.15) is 28.7 Å². The van der Waals surface area contributed by atoms with E-state index in [1.165, 1.54) is 18.6 Å². The van der Waals surface area contributed by atoms with Crippen molar-refractivity contribution in [2.45, 2.75) is 78.4 Å². The highest BCUT2D eigenvalue weighted by atomic mass is 79.9. The number of anilines is 1.